The molecule has 96 valence electrons. The second-order valence-electron chi connectivity index (χ2n) is 5.22. The first kappa shape index (κ1) is 12.1. The number of nitrogens with one attached hydrogen (secondary N) is 1. The second kappa shape index (κ2) is 5.33. The summed E-state index contributed by atoms with van der Waals surface area (Å²) in [6.07, 6.45) is 5.45. The largest absolute Gasteiger partial charge is 0.357 e. The predicted octanol–water partition coefficient (Wildman–Crippen LogP) is 4.20. The van der Waals surface area contributed by atoms with Gasteiger partial charge in [0.05, 0.1) is 0 Å². The number of nitrogens with zero attached hydrogens (tertiary/aromatic N) is 1. The lowest BCUT2D eigenvalue weighted by molar-refractivity contribution is 0.274. The van der Waals surface area contributed by atoms with Gasteiger partial charge in [-0.2, -0.15) is 0 Å². The Labute approximate surface area is 113 Å². The molecule has 2 nitrogen and oxygen atoms in total. The minimum absolute atomic E-state index is 0.797. The lowest BCUT2D eigenvalue weighted by Gasteiger charge is -2.18. The maximum atomic E-state index is 6.01. The van der Waals surface area contributed by atoms with E-state index < -0.39 is 0 Å². The van der Waals surface area contributed by atoms with E-state index in [1.807, 2.05) is 12.1 Å². The van der Waals surface area contributed by atoms with Gasteiger partial charge < -0.3 is 4.98 Å². The highest BCUT2D eigenvalue weighted by molar-refractivity contribution is 6.31. The van der Waals surface area contributed by atoms with Crippen molar-refractivity contribution in [3.8, 4) is 0 Å². The summed E-state index contributed by atoms with van der Waals surface area (Å²) in [7, 11) is 0. The normalized spacial score (nSPS) is 18.1. The molecular formula is C15H19ClN2. The zero-order valence-corrected chi connectivity index (χ0v) is 11.3. The van der Waals surface area contributed by atoms with Crippen molar-refractivity contribution < 1.29 is 0 Å². The summed E-state index contributed by atoms with van der Waals surface area (Å²) in [5.74, 6) is 0. The number of halogens is 1. The van der Waals surface area contributed by atoms with E-state index >= 15 is 0 Å². The number of H-pyrrole nitrogens is 1. The fourth-order valence-corrected chi connectivity index (χ4v) is 2.95. The second-order valence-corrected chi connectivity index (χ2v) is 5.65. The van der Waals surface area contributed by atoms with E-state index in [0.29, 0.717) is 0 Å². The average Bonchev–Trinajstić information content (AvgIpc) is 2.57. The van der Waals surface area contributed by atoms with Crippen molar-refractivity contribution in [1.82, 2.24) is 9.88 Å². The smallest absolute Gasteiger partial charge is 0.0471 e. The Balaban J connectivity index is 1.77. The molecule has 0 radical (unpaired) electrons. The van der Waals surface area contributed by atoms with Crippen LogP contribution in [0.3, 0.4) is 0 Å². The van der Waals surface area contributed by atoms with Crippen LogP contribution in [0.2, 0.25) is 5.02 Å². The summed E-state index contributed by atoms with van der Waals surface area (Å²) in [6.45, 7) is 3.50. The van der Waals surface area contributed by atoms with Gasteiger partial charge >= 0.3 is 0 Å². The molecule has 0 saturated carbocycles. The first-order chi connectivity index (χ1) is 8.81. The van der Waals surface area contributed by atoms with E-state index in [1.54, 1.807) is 0 Å². The summed E-state index contributed by atoms with van der Waals surface area (Å²) in [6, 6.07) is 8.28. The number of hydrogen-bond donors (Lipinski definition) is 1. The first-order valence-corrected chi connectivity index (χ1v) is 7.18. The molecular weight excluding hydrogens is 244 g/mol. The molecule has 3 heteroatoms. The summed E-state index contributed by atoms with van der Waals surface area (Å²) in [4.78, 5) is 6.03. The third-order valence-electron chi connectivity index (χ3n) is 3.73. The number of benzene rings is 1. The Morgan fingerprint density at radius 1 is 1.06 bits per heavy atom. The van der Waals surface area contributed by atoms with E-state index in [4.69, 9.17) is 11.6 Å². The summed E-state index contributed by atoms with van der Waals surface area (Å²) < 4.78 is 0. The Bertz CT molecular complexity index is 524. The van der Waals surface area contributed by atoms with E-state index in [9.17, 15) is 0 Å². The average molecular weight is 263 g/mol. The van der Waals surface area contributed by atoms with Crippen molar-refractivity contribution >= 4 is 22.5 Å². The third-order valence-corrected chi connectivity index (χ3v) is 3.97. The zero-order valence-electron chi connectivity index (χ0n) is 10.6. The van der Waals surface area contributed by atoms with Crippen LogP contribution in [0.5, 0.6) is 0 Å². The highest BCUT2D eigenvalue weighted by atomic mass is 35.5. The SMILES string of the molecule is Clc1ccc2cc(CN3CCCCCC3)[nH]c2c1. The van der Waals surface area contributed by atoms with Gasteiger partial charge in [-0.05, 0) is 49.5 Å². The van der Waals surface area contributed by atoms with Crippen LogP contribution in [0, 0.1) is 0 Å². The first-order valence-electron chi connectivity index (χ1n) is 6.81. The number of aromatic nitrogens is 1. The van der Waals surface area contributed by atoms with Crippen LogP contribution in [-0.4, -0.2) is 23.0 Å². The van der Waals surface area contributed by atoms with E-state index in [1.165, 1.54) is 49.9 Å². The molecule has 18 heavy (non-hydrogen) atoms. The highest BCUT2D eigenvalue weighted by Crippen LogP contribution is 2.21. The molecule has 1 aliphatic rings. The fourth-order valence-electron chi connectivity index (χ4n) is 2.78. The molecule has 2 heterocycles. The Morgan fingerprint density at radius 2 is 1.83 bits per heavy atom. The van der Waals surface area contributed by atoms with Gasteiger partial charge in [0.15, 0.2) is 0 Å². The minimum Gasteiger partial charge on any atom is -0.357 e. The van der Waals surface area contributed by atoms with Crippen molar-refractivity contribution in [2.45, 2.75) is 32.2 Å². The fraction of sp³-hybridized carbons (Fsp3) is 0.467. The van der Waals surface area contributed by atoms with Gasteiger partial charge in [0.25, 0.3) is 0 Å². The van der Waals surface area contributed by atoms with Crippen LogP contribution in [0.15, 0.2) is 24.3 Å². The monoisotopic (exact) mass is 262 g/mol. The molecule has 0 amide bonds. The van der Waals surface area contributed by atoms with Crippen LogP contribution in [0.4, 0.5) is 0 Å². The number of aromatic amines is 1. The maximum absolute atomic E-state index is 6.01. The number of hydrogen-bond acceptors (Lipinski definition) is 1. The lowest BCUT2D eigenvalue weighted by Crippen LogP contribution is -2.24. The summed E-state index contributed by atoms with van der Waals surface area (Å²) in [5.41, 5.74) is 2.45. The molecule has 0 unspecified atom stereocenters. The maximum Gasteiger partial charge on any atom is 0.0471 e. The summed E-state index contributed by atoms with van der Waals surface area (Å²) >= 11 is 6.01. The molecule has 2 aromatic rings. The molecule has 0 bridgehead atoms. The van der Waals surface area contributed by atoms with Crippen molar-refractivity contribution in [3.63, 3.8) is 0 Å². The molecule has 0 spiro atoms. The molecule has 1 N–H and O–H groups in total. The molecule has 0 aliphatic carbocycles. The van der Waals surface area contributed by atoms with Crippen LogP contribution in [0.25, 0.3) is 10.9 Å². The van der Waals surface area contributed by atoms with Crippen molar-refractivity contribution in [2.75, 3.05) is 13.1 Å². The van der Waals surface area contributed by atoms with Gasteiger partial charge in [-0.25, -0.2) is 0 Å². The zero-order chi connectivity index (χ0) is 12.4. The van der Waals surface area contributed by atoms with Gasteiger partial charge in [-0.3, -0.25) is 4.90 Å². The van der Waals surface area contributed by atoms with Crippen molar-refractivity contribution in [3.05, 3.63) is 35.0 Å². The van der Waals surface area contributed by atoms with Gasteiger partial charge in [0.1, 0.15) is 0 Å². The van der Waals surface area contributed by atoms with Gasteiger partial charge in [0, 0.05) is 22.8 Å². The van der Waals surface area contributed by atoms with Crippen LogP contribution >= 0.6 is 11.6 Å². The van der Waals surface area contributed by atoms with E-state index in [0.717, 1.165) is 17.1 Å². The van der Waals surface area contributed by atoms with Gasteiger partial charge in [-0.15, -0.1) is 0 Å². The Kier molecular flexibility index (Phi) is 3.57. The molecule has 1 saturated heterocycles. The predicted molar refractivity (Wildman–Crippen MR) is 77.1 cm³/mol. The molecule has 1 aliphatic heterocycles. The lowest BCUT2D eigenvalue weighted by atomic mass is 10.2. The molecule has 0 atom stereocenters. The van der Waals surface area contributed by atoms with Crippen LogP contribution in [0.1, 0.15) is 31.4 Å². The molecule has 1 aromatic heterocycles. The standard InChI is InChI=1S/C15H19ClN2/c16-13-6-5-12-9-14(17-15(12)10-13)11-18-7-3-1-2-4-8-18/h5-6,9-10,17H,1-4,7-8,11H2. The van der Waals surface area contributed by atoms with Crippen molar-refractivity contribution in [2.24, 2.45) is 0 Å². The van der Waals surface area contributed by atoms with E-state index in [-0.39, 0.29) is 0 Å². The van der Waals surface area contributed by atoms with Gasteiger partial charge in [0.2, 0.25) is 0 Å². The van der Waals surface area contributed by atoms with Crippen molar-refractivity contribution in [1.29, 1.82) is 0 Å². The Morgan fingerprint density at radius 3 is 2.61 bits per heavy atom. The van der Waals surface area contributed by atoms with Crippen LogP contribution < -0.4 is 0 Å². The Hall–Kier alpha value is -0.990. The van der Waals surface area contributed by atoms with Crippen LogP contribution in [-0.2, 0) is 6.54 Å². The third kappa shape index (κ3) is 2.70. The van der Waals surface area contributed by atoms with E-state index in [2.05, 4.69) is 22.0 Å². The quantitative estimate of drug-likeness (QED) is 0.860. The molecule has 1 fully saturated rings. The number of fused-ring (bicyclic) bond motifs is 1. The molecule has 1 aromatic carbocycles. The summed E-state index contributed by atoms with van der Waals surface area (Å²) in [5, 5.41) is 2.05. The van der Waals surface area contributed by atoms with Gasteiger partial charge in [-0.1, -0.05) is 30.5 Å². The highest BCUT2D eigenvalue weighted by Gasteiger charge is 2.10. The minimum atomic E-state index is 0.797. The topological polar surface area (TPSA) is 19.0 Å². The number of likely N-dealkylation sites (tertiary alicyclic amines) is 1. The number of rotatable bonds is 2. The molecule has 3 rings (SSSR count).